The fraction of sp³-hybridized carbons (Fsp3) is 0.214. The van der Waals surface area contributed by atoms with E-state index >= 15 is 0 Å². The topological polar surface area (TPSA) is 76.3 Å². The molecular weight excluding hydrogens is 293 g/mol. The average Bonchev–Trinajstić information content (AvgIpc) is 2.43. The molecule has 0 aliphatic carbocycles. The van der Waals surface area contributed by atoms with Gasteiger partial charge < -0.3 is 5.73 Å². The van der Waals surface area contributed by atoms with Crippen molar-refractivity contribution >= 4 is 15.7 Å². The van der Waals surface area contributed by atoms with E-state index < -0.39 is 20.7 Å². The van der Waals surface area contributed by atoms with Crippen LogP contribution in [0.5, 0.6) is 0 Å². The summed E-state index contributed by atoms with van der Waals surface area (Å²) in [6, 6.07) is 5.94. The van der Waals surface area contributed by atoms with Crippen molar-refractivity contribution in [3.63, 3.8) is 0 Å². The normalized spacial score (nSPS) is 11.8. The Labute approximate surface area is 123 Å². The number of aryl methyl sites for hydroxylation is 1. The summed E-state index contributed by atoms with van der Waals surface area (Å²) in [6.07, 6.45) is 3.14. The summed E-state index contributed by atoms with van der Waals surface area (Å²) in [5.41, 5.74) is 6.79. The van der Waals surface area contributed by atoms with Crippen LogP contribution in [0.3, 0.4) is 0 Å². The zero-order chi connectivity index (χ0) is 15.6. The Morgan fingerprint density at radius 2 is 1.90 bits per heavy atom. The molecule has 21 heavy (non-hydrogen) atoms. The number of pyridine rings is 1. The first-order chi connectivity index (χ1) is 9.82. The van der Waals surface area contributed by atoms with Crippen LogP contribution in [0.2, 0.25) is 0 Å². The molecule has 0 fully saturated rings. The second kappa shape index (κ2) is 5.79. The van der Waals surface area contributed by atoms with Crippen LogP contribution in [-0.2, 0) is 16.6 Å². The lowest BCUT2D eigenvalue weighted by Gasteiger charge is -2.18. The molecule has 0 aliphatic rings. The average molecular weight is 309 g/mol. The van der Waals surface area contributed by atoms with Crippen LogP contribution >= 0.6 is 0 Å². The highest BCUT2D eigenvalue weighted by molar-refractivity contribution is 7.89. The third-order valence-corrected chi connectivity index (χ3v) is 4.89. The molecule has 0 bridgehead atoms. The molecule has 5 nitrogen and oxygen atoms in total. The summed E-state index contributed by atoms with van der Waals surface area (Å²) >= 11 is 0. The highest BCUT2D eigenvalue weighted by Gasteiger charge is 2.26. The summed E-state index contributed by atoms with van der Waals surface area (Å²) in [7, 11) is -2.56. The summed E-state index contributed by atoms with van der Waals surface area (Å²) in [4.78, 5) is 3.46. The molecule has 7 heteroatoms. The fourth-order valence-corrected chi connectivity index (χ4v) is 3.28. The quantitative estimate of drug-likeness (QED) is 0.876. The summed E-state index contributed by atoms with van der Waals surface area (Å²) < 4.78 is 40.1. The molecule has 0 saturated heterocycles. The van der Waals surface area contributed by atoms with E-state index in [0.29, 0.717) is 0 Å². The van der Waals surface area contributed by atoms with Crippen molar-refractivity contribution in [1.29, 1.82) is 0 Å². The molecule has 0 atom stereocenters. The van der Waals surface area contributed by atoms with Crippen LogP contribution < -0.4 is 5.73 Å². The molecule has 2 aromatic rings. The molecule has 2 N–H and O–H groups in total. The number of benzene rings is 1. The smallest absolute Gasteiger partial charge is 0.246 e. The summed E-state index contributed by atoms with van der Waals surface area (Å²) in [5, 5.41) is 0. The van der Waals surface area contributed by atoms with Crippen LogP contribution in [0.4, 0.5) is 10.1 Å². The number of aromatic nitrogens is 1. The summed E-state index contributed by atoms with van der Waals surface area (Å²) in [6.45, 7) is 1.60. The van der Waals surface area contributed by atoms with Crippen molar-refractivity contribution in [1.82, 2.24) is 9.29 Å². The number of rotatable bonds is 4. The maximum absolute atomic E-state index is 14.1. The van der Waals surface area contributed by atoms with Gasteiger partial charge in [0.1, 0.15) is 10.7 Å². The molecule has 0 aliphatic heterocycles. The van der Waals surface area contributed by atoms with E-state index in [4.69, 9.17) is 5.73 Å². The maximum atomic E-state index is 14.1. The molecule has 0 saturated carbocycles. The standard InChI is InChI=1S/C14H16FN3O2S/c1-10-7-12(16)8-13(14(10)15)21(19,20)18(2)9-11-3-5-17-6-4-11/h3-8H,9,16H2,1-2H3. The van der Waals surface area contributed by atoms with Gasteiger partial charge in [-0.15, -0.1) is 0 Å². The highest BCUT2D eigenvalue weighted by Crippen LogP contribution is 2.24. The Morgan fingerprint density at radius 1 is 1.29 bits per heavy atom. The molecule has 1 aromatic carbocycles. The SMILES string of the molecule is Cc1cc(N)cc(S(=O)(=O)N(C)Cc2ccncc2)c1F. The lowest BCUT2D eigenvalue weighted by atomic mass is 10.2. The molecule has 0 amide bonds. The Balaban J connectivity index is 2.38. The van der Waals surface area contributed by atoms with Crippen molar-refractivity contribution in [2.24, 2.45) is 0 Å². The minimum atomic E-state index is -3.95. The second-order valence-corrected chi connectivity index (χ2v) is 6.78. The first kappa shape index (κ1) is 15.4. The number of halogens is 1. The summed E-state index contributed by atoms with van der Waals surface area (Å²) in [5.74, 6) is -0.772. The van der Waals surface area contributed by atoms with Gasteiger partial charge in [0.15, 0.2) is 0 Å². The molecular formula is C14H16FN3O2S. The third kappa shape index (κ3) is 3.20. The van der Waals surface area contributed by atoms with E-state index in [1.165, 1.54) is 20.0 Å². The van der Waals surface area contributed by atoms with Crippen LogP contribution in [-0.4, -0.2) is 24.8 Å². The van der Waals surface area contributed by atoms with E-state index in [0.717, 1.165) is 15.9 Å². The predicted molar refractivity (Wildman–Crippen MR) is 78.4 cm³/mol. The highest BCUT2D eigenvalue weighted by atomic mass is 32.2. The second-order valence-electron chi connectivity index (χ2n) is 4.77. The fourth-order valence-electron chi connectivity index (χ4n) is 1.95. The molecule has 1 aromatic heterocycles. The predicted octanol–water partition coefficient (Wildman–Crippen LogP) is 1.93. The van der Waals surface area contributed by atoms with Crippen molar-refractivity contribution in [3.8, 4) is 0 Å². The number of hydrogen-bond donors (Lipinski definition) is 1. The minimum absolute atomic E-state index is 0.123. The lowest BCUT2D eigenvalue weighted by Crippen LogP contribution is -2.27. The number of nitrogens with two attached hydrogens (primary N) is 1. The van der Waals surface area contributed by atoms with Gasteiger partial charge in [0.05, 0.1) is 0 Å². The van der Waals surface area contributed by atoms with Gasteiger partial charge in [0, 0.05) is 31.7 Å². The van der Waals surface area contributed by atoms with E-state index in [2.05, 4.69) is 4.98 Å². The zero-order valence-electron chi connectivity index (χ0n) is 11.7. The molecule has 0 radical (unpaired) electrons. The van der Waals surface area contributed by atoms with Crippen LogP contribution in [0, 0.1) is 12.7 Å². The lowest BCUT2D eigenvalue weighted by molar-refractivity contribution is 0.459. The third-order valence-electron chi connectivity index (χ3n) is 3.09. The number of hydrogen-bond acceptors (Lipinski definition) is 4. The van der Waals surface area contributed by atoms with Crippen molar-refractivity contribution in [2.75, 3.05) is 12.8 Å². The minimum Gasteiger partial charge on any atom is -0.399 e. The first-order valence-electron chi connectivity index (χ1n) is 6.23. The van der Waals surface area contributed by atoms with Gasteiger partial charge in [-0.05, 0) is 42.3 Å². The van der Waals surface area contributed by atoms with Crippen LogP contribution in [0.15, 0.2) is 41.6 Å². The largest absolute Gasteiger partial charge is 0.399 e. The Kier molecular flexibility index (Phi) is 4.24. The molecule has 112 valence electrons. The number of nitrogen functional groups attached to an aromatic ring is 1. The Morgan fingerprint density at radius 3 is 2.52 bits per heavy atom. The number of anilines is 1. The molecule has 0 spiro atoms. The Bertz CT molecular complexity index is 748. The van der Waals surface area contributed by atoms with Crippen molar-refractivity contribution in [3.05, 3.63) is 53.6 Å². The van der Waals surface area contributed by atoms with Crippen LogP contribution in [0.25, 0.3) is 0 Å². The molecule has 1 heterocycles. The van der Waals surface area contributed by atoms with Gasteiger partial charge in [0.25, 0.3) is 0 Å². The van der Waals surface area contributed by atoms with E-state index in [9.17, 15) is 12.8 Å². The van der Waals surface area contributed by atoms with Gasteiger partial charge in [-0.2, -0.15) is 4.31 Å². The number of sulfonamides is 1. The van der Waals surface area contributed by atoms with E-state index in [1.807, 2.05) is 0 Å². The Hall–Kier alpha value is -1.99. The number of nitrogens with zero attached hydrogens (tertiary/aromatic N) is 2. The van der Waals surface area contributed by atoms with Gasteiger partial charge in [-0.3, -0.25) is 4.98 Å². The van der Waals surface area contributed by atoms with Gasteiger partial charge in [0.2, 0.25) is 10.0 Å². The van der Waals surface area contributed by atoms with E-state index in [1.54, 1.807) is 24.5 Å². The van der Waals surface area contributed by atoms with Crippen molar-refractivity contribution in [2.45, 2.75) is 18.4 Å². The maximum Gasteiger partial charge on any atom is 0.246 e. The van der Waals surface area contributed by atoms with Gasteiger partial charge in [-0.1, -0.05) is 0 Å². The molecule has 2 rings (SSSR count). The van der Waals surface area contributed by atoms with Gasteiger partial charge in [-0.25, -0.2) is 12.8 Å². The van der Waals surface area contributed by atoms with E-state index in [-0.39, 0.29) is 17.8 Å². The monoisotopic (exact) mass is 309 g/mol. The molecule has 0 unspecified atom stereocenters. The van der Waals surface area contributed by atoms with Gasteiger partial charge >= 0.3 is 0 Å². The van der Waals surface area contributed by atoms with Crippen molar-refractivity contribution < 1.29 is 12.8 Å². The zero-order valence-corrected chi connectivity index (χ0v) is 12.6. The van der Waals surface area contributed by atoms with Crippen LogP contribution in [0.1, 0.15) is 11.1 Å². The first-order valence-corrected chi connectivity index (χ1v) is 7.67.